The number of sulfonamides is 1. The van der Waals surface area contributed by atoms with Crippen molar-refractivity contribution in [3.63, 3.8) is 0 Å². The number of carboxylic acid groups (broad SMARTS) is 1. The van der Waals surface area contributed by atoms with Gasteiger partial charge in [-0.15, -0.1) is 0 Å². The molecule has 0 saturated carbocycles. The molecule has 8 nitrogen and oxygen atoms in total. The van der Waals surface area contributed by atoms with E-state index in [1.165, 1.54) is 12.1 Å². The summed E-state index contributed by atoms with van der Waals surface area (Å²) in [7, 11) is -3.91. The highest BCUT2D eigenvalue weighted by molar-refractivity contribution is 7.89. The van der Waals surface area contributed by atoms with Crippen LogP contribution < -0.4 is 9.46 Å². The van der Waals surface area contributed by atoms with Gasteiger partial charge in [0.25, 0.3) is 0 Å². The lowest BCUT2D eigenvalue weighted by atomic mass is 9.85. The average molecular weight is 469 g/mol. The van der Waals surface area contributed by atoms with Crippen LogP contribution in [0.4, 0.5) is 0 Å². The molecule has 5 rings (SSSR count). The summed E-state index contributed by atoms with van der Waals surface area (Å²) < 4.78 is 39.9. The third-order valence-electron chi connectivity index (χ3n) is 6.31. The molecule has 172 valence electrons. The summed E-state index contributed by atoms with van der Waals surface area (Å²) in [5, 5.41) is 10.5. The fourth-order valence-electron chi connectivity index (χ4n) is 4.78. The molecule has 0 amide bonds. The monoisotopic (exact) mass is 468 g/mol. The predicted octanol–water partition coefficient (Wildman–Crippen LogP) is 3.03. The lowest BCUT2D eigenvalue weighted by Gasteiger charge is -2.25. The van der Waals surface area contributed by atoms with Gasteiger partial charge in [0.15, 0.2) is 0 Å². The normalized spacial score (nSPS) is 24.3. The molecule has 2 aromatic carbocycles. The zero-order valence-electron chi connectivity index (χ0n) is 18.0. The number of nitrogens with one attached hydrogen (secondary N) is 1. The number of carbonyl (C=O) groups is 1. The van der Waals surface area contributed by atoms with Crippen LogP contribution in [0.3, 0.4) is 0 Å². The predicted molar refractivity (Wildman–Crippen MR) is 120 cm³/mol. The van der Waals surface area contributed by atoms with Gasteiger partial charge in [0.05, 0.1) is 28.7 Å². The SMILES string of the molecule is Cc1cc(COc2ccc(S(=O)(=O)NC3C4CCC(O4)C3C(=O)O)cc2)c2ccccc2n1. The Kier molecular flexibility index (Phi) is 5.55. The Labute approximate surface area is 191 Å². The van der Waals surface area contributed by atoms with Gasteiger partial charge in [-0.2, -0.15) is 0 Å². The van der Waals surface area contributed by atoms with Crippen molar-refractivity contribution in [1.82, 2.24) is 9.71 Å². The van der Waals surface area contributed by atoms with Gasteiger partial charge < -0.3 is 14.6 Å². The lowest BCUT2D eigenvalue weighted by Crippen LogP contribution is -2.49. The molecule has 2 fully saturated rings. The minimum atomic E-state index is -3.91. The molecule has 0 radical (unpaired) electrons. The molecule has 2 N–H and O–H groups in total. The first-order chi connectivity index (χ1) is 15.8. The third kappa shape index (κ3) is 4.19. The van der Waals surface area contributed by atoms with Crippen LogP contribution in [0.2, 0.25) is 0 Å². The van der Waals surface area contributed by atoms with E-state index >= 15 is 0 Å². The van der Waals surface area contributed by atoms with Crippen molar-refractivity contribution >= 4 is 26.9 Å². The van der Waals surface area contributed by atoms with E-state index in [1.807, 2.05) is 37.3 Å². The fourth-order valence-corrected chi connectivity index (χ4v) is 6.07. The van der Waals surface area contributed by atoms with Crippen LogP contribution in [0, 0.1) is 12.8 Å². The molecule has 2 aliphatic heterocycles. The number of ether oxygens (including phenoxy) is 2. The molecule has 0 spiro atoms. The number of aromatic nitrogens is 1. The first-order valence-electron chi connectivity index (χ1n) is 10.8. The van der Waals surface area contributed by atoms with Crippen LogP contribution in [0.25, 0.3) is 10.9 Å². The number of aryl methyl sites for hydroxylation is 1. The van der Waals surface area contributed by atoms with Gasteiger partial charge in [-0.1, -0.05) is 18.2 Å². The summed E-state index contributed by atoms with van der Waals surface area (Å²) in [5.41, 5.74) is 2.78. The highest BCUT2D eigenvalue weighted by Crippen LogP contribution is 2.40. The number of nitrogens with zero attached hydrogens (tertiary/aromatic N) is 1. The summed E-state index contributed by atoms with van der Waals surface area (Å²) in [6.07, 6.45) is 0.437. The molecule has 3 heterocycles. The minimum Gasteiger partial charge on any atom is -0.489 e. The number of benzene rings is 2. The van der Waals surface area contributed by atoms with Gasteiger partial charge in [-0.3, -0.25) is 9.78 Å². The molecule has 0 aliphatic carbocycles. The van der Waals surface area contributed by atoms with Crippen LogP contribution in [-0.4, -0.2) is 42.7 Å². The van der Waals surface area contributed by atoms with E-state index in [0.29, 0.717) is 25.2 Å². The van der Waals surface area contributed by atoms with E-state index in [-0.39, 0.29) is 4.90 Å². The molecule has 1 aromatic heterocycles. The highest BCUT2D eigenvalue weighted by Gasteiger charge is 2.53. The van der Waals surface area contributed by atoms with Gasteiger partial charge in [0, 0.05) is 16.6 Å². The zero-order valence-corrected chi connectivity index (χ0v) is 18.8. The molecule has 2 aliphatic rings. The molecule has 3 aromatic rings. The Morgan fingerprint density at radius 3 is 2.64 bits per heavy atom. The number of pyridine rings is 1. The van der Waals surface area contributed by atoms with E-state index in [4.69, 9.17) is 9.47 Å². The van der Waals surface area contributed by atoms with Gasteiger partial charge in [-0.25, -0.2) is 13.1 Å². The van der Waals surface area contributed by atoms with E-state index in [9.17, 15) is 18.3 Å². The molecule has 33 heavy (non-hydrogen) atoms. The maximum absolute atomic E-state index is 12.9. The van der Waals surface area contributed by atoms with Crippen molar-refractivity contribution < 1.29 is 27.8 Å². The van der Waals surface area contributed by atoms with Crippen molar-refractivity contribution in [2.24, 2.45) is 5.92 Å². The maximum atomic E-state index is 12.9. The number of hydrogen-bond donors (Lipinski definition) is 2. The number of fused-ring (bicyclic) bond motifs is 3. The Balaban J connectivity index is 1.29. The van der Waals surface area contributed by atoms with Crippen LogP contribution >= 0.6 is 0 Å². The topological polar surface area (TPSA) is 115 Å². The van der Waals surface area contributed by atoms with E-state index in [0.717, 1.165) is 22.2 Å². The van der Waals surface area contributed by atoms with Crippen LogP contribution in [-0.2, 0) is 26.2 Å². The average Bonchev–Trinajstić information content (AvgIpc) is 3.39. The second-order valence-corrected chi connectivity index (χ2v) is 10.2. The first kappa shape index (κ1) is 21.8. The highest BCUT2D eigenvalue weighted by atomic mass is 32.2. The Morgan fingerprint density at radius 1 is 1.15 bits per heavy atom. The van der Waals surface area contributed by atoms with Crippen molar-refractivity contribution in [2.45, 2.75) is 49.5 Å². The van der Waals surface area contributed by atoms with E-state index in [2.05, 4.69) is 9.71 Å². The molecule has 4 unspecified atom stereocenters. The smallest absolute Gasteiger partial charge is 0.310 e. The number of para-hydroxylation sites is 1. The quantitative estimate of drug-likeness (QED) is 0.548. The zero-order chi connectivity index (χ0) is 23.2. The summed E-state index contributed by atoms with van der Waals surface area (Å²) in [5.74, 6) is -1.39. The van der Waals surface area contributed by atoms with Gasteiger partial charge in [0.2, 0.25) is 10.0 Å². The summed E-state index contributed by atoms with van der Waals surface area (Å²) in [6.45, 7) is 2.25. The Hall–Kier alpha value is -3.01. The van der Waals surface area contributed by atoms with Crippen molar-refractivity contribution in [2.75, 3.05) is 0 Å². The van der Waals surface area contributed by atoms with E-state index in [1.54, 1.807) is 12.1 Å². The molecule has 9 heteroatoms. The lowest BCUT2D eigenvalue weighted by molar-refractivity contribution is -0.143. The van der Waals surface area contributed by atoms with Crippen LogP contribution in [0.15, 0.2) is 59.5 Å². The van der Waals surface area contributed by atoms with Gasteiger partial charge >= 0.3 is 5.97 Å². The van der Waals surface area contributed by atoms with Gasteiger partial charge in [-0.05, 0) is 56.2 Å². The second kappa shape index (κ2) is 8.40. The number of hydrogen-bond acceptors (Lipinski definition) is 6. The molecule has 2 bridgehead atoms. The second-order valence-electron chi connectivity index (χ2n) is 8.50. The van der Waals surface area contributed by atoms with E-state index < -0.39 is 40.2 Å². The summed E-state index contributed by atoms with van der Waals surface area (Å²) >= 11 is 0. The third-order valence-corrected chi connectivity index (χ3v) is 7.78. The fraction of sp³-hybridized carbons (Fsp3) is 0.333. The minimum absolute atomic E-state index is 0.0481. The molecular formula is C24H24N2O6S. The van der Waals surface area contributed by atoms with Crippen LogP contribution in [0.1, 0.15) is 24.1 Å². The Morgan fingerprint density at radius 2 is 1.88 bits per heavy atom. The van der Waals surface area contributed by atoms with Gasteiger partial charge in [0.1, 0.15) is 18.3 Å². The maximum Gasteiger partial charge on any atom is 0.310 e. The standard InChI is InChI=1S/C24H24N2O6S/c1-14-12-15(18-4-2-3-5-19(18)25-14)13-31-16-6-8-17(9-7-16)33(29,30)26-23-21-11-10-20(32-21)22(23)24(27)28/h2-9,12,20-23,26H,10-11,13H2,1H3,(H,27,28). The van der Waals surface area contributed by atoms with Crippen molar-refractivity contribution in [1.29, 1.82) is 0 Å². The molecule has 4 atom stereocenters. The van der Waals surface area contributed by atoms with Crippen molar-refractivity contribution in [3.8, 4) is 5.75 Å². The number of aliphatic carboxylic acids is 1. The first-order valence-corrected chi connectivity index (χ1v) is 12.3. The largest absolute Gasteiger partial charge is 0.489 e. The summed E-state index contributed by atoms with van der Waals surface area (Å²) in [4.78, 5) is 16.2. The summed E-state index contributed by atoms with van der Waals surface area (Å²) in [6, 6.07) is 15.1. The Bertz CT molecular complexity index is 1310. The number of carboxylic acids is 1. The molecular weight excluding hydrogens is 444 g/mol. The van der Waals surface area contributed by atoms with Crippen LogP contribution in [0.5, 0.6) is 5.75 Å². The number of rotatable bonds is 7. The van der Waals surface area contributed by atoms with Crippen molar-refractivity contribution in [3.05, 3.63) is 65.9 Å². The molecule has 2 saturated heterocycles.